The average molecular weight is 655 g/mol. The monoisotopic (exact) mass is 654 g/mol. The van der Waals surface area contributed by atoms with Crippen LogP contribution in [-0.2, 0) is 27.3 Å². The van der Waals surface area contributed by atoms with Gasteiger partial charge in [0.1, 0.15) is 12.1 Å². The number of hydrogen-bond donors (Lipinski definition) is 4. The van der Waals surface area contributed by atoms with E-state index in [9.17, 15) is 14.4 Å². The Morgan fingerprint density at radius 3 is 2.47 bits per heavy atom. The fraction of sp³-hybridized carbons (Fsp3) is 0.606. The zero-order valence-corrected chi connectivity index (χ0v) is 27.7. The zero-order chi connectivity index (χ0) is 33.4. The second-order valence-corrected chi connectivity index (χ2v) is 12.0. The number of aromatic nitrogens is 4. The molecule has 0 unspecified atom stereocenters. The van der Waals surface area contributed by atoms with Crippen molar-refractivity contribution >= 4 is 29.0 Å². The highest BCUT2D eigenvalue weighted by Crippen LogP contribution is 2.23. The van der Waals surface area contributed by atoms with Gasteiger partial charge in [0.05, 0.1) is 19.8 Å². The largest absolute Gasteiger partial charge is 0.463 e. The van der Waals surface area contributed by atoms with Crippen LogP contribution in [0, 0.1) is 5.92 Å². The maximum atomic E-state index is 13.1. The minimum absolute atomic E-state index is 0.0873. The minimum Gasteiger partial charge on any atom is -0.463 e. The minimum atomic E-state index is -0.649. The van der Waals surface area contributed by atoms with Crippen molar-refractivity contribution in [1.82, 2.24) is 29.7 Å². The molecular formula is C33H50N8O6. The number of benzene rings is 1. The molecule has 3 heterocycles. The highest BCUT2D eigenvalue weighted by atomic mass is 16.6. The molecule has 5 N–H and O–H groups in total. The number of unbranched alkanes of at least 4 members (excludes halogenated alkanes) is 2. The fourth-order valence-corrected chi connectivity index (χ4v) is 5.59. The number of hydrogen-bond acceptors (Lipinski definition) is 10. The lowest BCUT2D eigenvalue weighted by Gasteiger charge is -2.32. The molecule has 1 aromatic carbocycles. The number of aromatic amines is 1. The number of carbonyl (C=O) groups is 2. The van der Waals surface area contributed by atoms with Gasteiger partial charge in [-0.05, 0) is 75.1 Å². The van der Waals surface area contributed by atoms with Gasteiger partial charge in [0.25, 0.3) is 0 Å². The Bertz CT molecular complexity index is 1470. The smallest absolute Gasteiger partial charge is 0.412 e. The van der Waals surface area contributed by atoms with Crippen molar-refractivity contribution in [3.05, 3.63) is 45.9 Å². The lowest BCUT2D eigenvalue weighted by atomic mass is 9.92. The number of nitrogens with one attached hydrogen (secondary N) is 3. The van der Waals surface area contributed by atoms with Gasteiger partial charge in [-0.3, -0.25) is 19.5 Å². The molecule has 0 spiro atoms. The summed E-state index contributed by atoms with van der Waals surface area (Å²) in [6.07, 6.45) is 8.13. The predicted molar refractivity (Wildman–Crippen MR) is 179 cm³/mol. The summed E-state index contributed by atoms with van der Waals surface area (Å²) in [6.45, 7) is 8.79. The number of fused-ring (bicyclic) bond motifs is 1. The van der Waals surface area contributed by atoms with Crippen LogP contribution >= 0.6 is 0 Å². The number of rotatable bonds is 19. The van der Waals surface area contributed by atoms with Crippen LogP contribution in [0.15, 0.2) is 29.1 Å². The second-order valence-electron chi connectivity index (χ2n) is 12.0. The number of piperidine rings is 1. The number of likely N-dealkylation sites (tertiary alicyclic amines) is 1. The van der Waals surface area contributed by atoms with Gasteiger partial charge in [-0.25, -0.2) is 15.5 Å². The number of anilines is 1. The van der Waals surface area contributed by atoms with E-state index in [1.54, 1.807) is 0 Å². The summed E-state index contributed by atoms with van der Waals surface area (Å²) in [6, 6.07) is 8.38. The fourth-order valence-electron chi connectivity index (χ4n) is 5.59. The summed E-state index contributed by atoms with van der Waals surface area (Å²) in [4.78, 5) is 55.5. The highest BCUT2D eigenvalue weighted by molar-refractivity contribution is 5.93. The molecule has 0 aliphatic carbocycles. The second kappa shape index (κ2) is 19.0. The third-order valence-corrected chi connectivity index (χ3v) is 8.40. The van der Waals surface area contributed by atoms with Crippen LogP contribution in [0.25, 0.3) is 11.2 Å². The Morgan fingerprint density at radius 2 is 1.74 bits per heavy atom. The Balaban J connectivity index is 1.32. The first kappa shape index (κ1) is 35.8. The molecule has 0 radical (unpaired) electrons. The summed E-state index contributed by atoms with van der Waals surface area (Å²) < 4.78 is 12.5. The summed E-state index contributed by atoms with van der Waals surface area (Å²) in [5, 5.41) is 5.47. The first-order valence-corrected chi connectivity index (χ1v) is 16.9. The number of nitrogens with two attached hydrogens (primary N) is 1. The molecule has 2 amide bonds. The van der Waals surface area contributed by atoms with Gasteiger partial charge in [0.2, 0.25) is 5.91 Å². The molecule has 0 bridgehead atoms. The zero-order valence-electron chi connectivity index (χ0n) is 27.7. The van der Waals surface area contributed by atoms with Gasteiger partial charge in [0.15, 0.2) is 11.5 Å². The SMILES string of the molecule is CCCCOC(=O)Nc1nc(OCCCC)nc2c1[nH]c(=O)n2Cc1ccc(CCN2CCC(CCCNC(=O)CON)CC2)cc1. The highest BCUT2D eigenvalue weighted by Gasteiger charge is 2.20. The summed E-state index contributed by atoms with van der Waals surface area (Å²) in [5.74, 6) is 5.58. The van der Waals surface area contributed by atoms with E-state index in [0.29, 0.717) is 43.4 Å². The van der Waals surface area contributed by atoms with E-state index in [0.717, 1.165) is 70.1 Å². The van der Waals surface area contributed by atoms with Gasteiger partial charge >= 0.3 is 17.8 Å². The first-order valence-electron chi connectivity index (χ1n) is 16.9. The summed E-state index contributed by atoms with van der Waals surface area (Å²) in [5.41, 5.74) is 2.49. The maximum Gasteiger partial charge on any atom is 0.412 e. The lowest BCUT2D eigenvalue weighted by molar-refractivity contribution is -0.125. The van der Waals surface area contributed by atoms with Crippen molar-refractivity contribution in [2.45, 2.75) is 78.2 Å². The molecule has 2 aromatic heterocycles. The van der Waals surface area contributed by atoms with Crippen LogP contribution < -0.4 is 27.0 Å². The van der Waals surface area contributed by atoms with E-state index in [1.807, 2.05) is 19.1 Å². The molecule has 0 saturated carbocycles. The molecule has 4 rings (SSSR count). The van der Waals surface area contributed by atoms with Gasteiger partial charge in [-0.1, -0.05) is 51.0 Å². The number of carbonyl (C=O) groups excluding carboxylic acids is 2. The third-order valence-electron chi connectivity index (χ3n) is 8.40. The lowest BCUT2D eigenvalue weighted by Crippen LogP contribution is -2.35. The van der Waals surface area contributed by atoms with Crippen molar-refractivity contribution in [3.8, 4) is 6.01 Å². The van der Waals surface area contributed by atoms with Crippen LogP contribution in [-0.4, -0.2) is 82.4 Å². The summed E-state index contributed by atoms with van der Waals surface area (Å²) in [7, 11) is 0. The standard InChI is InChI=1S/C33H50N8O6/c1-3-5-20-45-31-37-29(38-33(44)46-21-6-4-2)28-30(39-31)41(32(43)36-28)22-26-11-9-25(10-12-26)15-19-40-17-13-24(14-18-40)8-7-16-35-27(42)23-47-34/h9-12,24H,3-8,13-23,34H2,1-2H3,(H,35,42)(H,36,43)(H,37,38,39,44). The topological polar surface area (TPSA) is 179 Å². The van der Waals surface area contributed by atoms with E-state index in [-0.39, 0.29) is 30.0 Å². The molecule has 1 aliphatic heterocycles. The molecule has 14 nitrogen and oxygen atoms in total. The predicted octanol–water partition coefficient (Wildman–Crippen LogP) is 3.74. The molecule has 47 heavy (non-hydrogen) atoms. The van der Waals surface area contributed by atoms with Crippen LogP contribution in [0.2, 0.25) is 0 Å². The van der Waals surface area contributed by atoms with Crippen molar-refractivity contribution in [2.75, 3.05) is 51.3 Å². The van der Waals surface area contributed by atoms with Gasteiger partial charge in [-0.15, -0.1) is 0 Å². The van der Waals surface area contributed by atoms with E-state index >= 15 is 0 Å². The molecule has 1 fully saturated rings. The molecular weight excluding hydrogens is 604 g/mol. The molecule has 258 valence electrons. The van der Waals surface area contributed by atoms with Gasteiger partial charge in [0, 0.05) is 13.1 Å². The Morgan fingerprint density at radius 1 is 1.02 bits per heavy atom. The summed E-state index contributed by atoms with van der Waals surface area (Å²) >= 11 is 0. The Hall–Kier alpha value is -4.01. The Kier molecular flexibility index (Phi) is 14.5. The van der Waals surface area contributed by atoms with Crippen molar-refractivity contribution in [2.24, 2.45) is 11.8 Å². The van der Waals surface area contributed by atoms with Crippen LogP contribution in [0.5, 0.6) is 6.01 Å². The number of ether oxygens (including phenoxy) is 2. The van der Waals surface area contributed by atoms with Crippen molar-refractivity contribution in [3.63, 3.8) is 0 Å². The maximum absolute atomic E-state index is 13.1. The van der Waals surface area contributed by atoms with Gasteiger partial charge < -0.3 is 24.7 Å². The average Bonchev–Trinajstić information content (AvgIpc) is 3.38. The van der Waals surface area contributed by atoms with E-state index in [4.69, 9.17) is 15.4 Å². The number of amides is 2. The van der Waals surface area contributed by atoms with Crippen LogP contribution in [0.4, 0.5) is 10.6 Å². The van der Waals surface area contributed by atoms with Gasteiger partial charge in [-0.2, -0.15) is 9.97 Å². The van der Waals surface area contributed by atoms with Crippen molar-refractivity contribution in [1.29, 1.82) is 0 Å². The third kappa shape index (κ3) is 11.3. The van der Waals surface area contributed by atoms with E-state index < -0.39 is 6.09 Å². The molecule has 1 saturated heterocycles. The van der Waals surface area contributed by atoms with E-state index in [1.165, 1.54) is 23.0 Å². The van der Waals surface area contributed by atoms with Crippen LogP contribution in [0.3, 0.4) is 0 Å². The Labute approximate surface area is 275 Å². The number of H-pyrrole nitrogens is 1. The molecule has 1 aliphatic rings. The molecule has 0 atom stereocenters. The van der Waals surface area contributed by atoms with E-state index in [2.05, 4.69) is 54.4 Å². The number of nitrogens with zero attached hydrogens (tertiary/aromatic N) is 4. The van der Waals surface area contributed by atoms with Crippen molar-refractivity contribution < 1.29 is 23.9 Å². The first-order chi connectivity index (χ1) is 22.9. The molecule has 14 heteroatoms. The van der Waals surface area contributed by atoms with Crippen LogP contribution in [0.1, 0.15) is 76.3 Å². The molecule has 3 aromatic rings. The quantitative estimate of drug-likeness (QED) is 0.110. The number of imidazole rings is 1. The normalized spacial score (nSPS) is 13.9.